The van der Waals surface area contributed by atoms with Gasteiger partial charge in [-0.1, -0.05) is 47.1 Å². The molecule has 0 unspecified atom stereocenters. The third kappa shape index (κ3) is 8.34. The molecule has 0 saturated carbocycles. The highest BCUT2D eigenvalue weighted by Crippen LogP contribution is 2.26. The highest BCUT2D eigenvalue weighted by atomic mass is 35.5. The standard InChI is InChI=1S/C31H38ClN7O5/c1-37-14-16-43-21-27(37)31(42)38-12-5-11-33-30(41)26(17-22-7-3-2-4-8-22)34-29(40)23-9-10-28(25(32)18-23)44-15-6-13-39-20-24(19-38)35-36-39/h2-4,7-10,18,20,26-27H,5-6,11-17,19,21H2,1H3,(H,33,41)(H,34,40)/t26-,27-/m0/s1. The van der Waals surface area contributed by atoms with Gasteiger partial charge in [-0.2, -0.15) is 0 Å². The SMILES string of the molecule is CN1CCOC[C@H]1C(=O)N1CCCNC(=O)[C@H](Cc2ccccc2)NC(=O)c2ccc(c(Cl)c2)OCCCn2cc(nn2)C1. The monoisotopic (exact) mass is 623 g/mol. The van der Waals surface area contributed by atoms with Crippen LogP contribution in [0.5, 0.6) is 5.75 Å². The Balaban J connectivity index is 1.35. The van der Waals surface area contributed by atoms with Crippen molar-refractivity contribution in [2.75, 3.05) is 46.5 Å². The Morgan fingerprint density at radius 1 is 1.07 bits per heavy atom. The number of hydrogen-bond acceptors (Lipinski definition) is 8. The van der Waals surface area contributed by atoms with E-state index in [0.29, 0.717) is 87.3 Å². The molecule has 4 bridgehead atoms. The number of rotatable bonds is 3. The van der Waals surface area contributed by atoms with Crippen molar-refractivity contribution in [3.8, 4) is 5.75 Å². The molecule has 1 fully saturated rings. The number of aryl methyl sites for hydroxylation is 1. The number of amides is 3. The van der Waals surface area contributed by atoms with Crippen molar-refractivity contribution in [2.45, 2.75) is 44.4 Å². The molecule has 234 valence electrons. The lowest BCUT2D eigenvalue weighted by Gasteiger charge is -2.35. The van der Waals surface area contributed by atoms with Gasteiger partial charge in [-0.15, -0.1) is 5.10 Å². The fourth-order valence-electron chi connectivity index (χ4n) is 5.21. The van der Waals surface area contributed by atoms with E-state index >= 15 is 0 Å². The molecule has 3 aromatic rings. The summed E-state index contributed by atoms with van der Waals surface area (Å²) in [5, 5.41) is 14.7. The van der Waals surface area contributed by atoms with Gasteiger partial charge in [-0.05, 0) is 37.2 Å². The van der Waals surface area contributed by atoms with Crippen LogP contribution in [0.25, 0.3) is 0 Å². The van der Waals surface area contributed by atoms with E-state index < -0.39 is 18.0 Å². The molecule has 1 aromatic heterocycles. The molecular weight excluding hydrogens is 586 g/mol. The topological polar surface area (TPSA) is 131 Å². The van der Waals surface area contributed by atoms with E-state index in [1.54, 1.807) is 21.7 Å². The number of nitrogens with one attached hydrogen (secondary N) is 2. The minimum Gasteiger partial charge on any atom is -0.492 e. The summed E-state index contributed by atoms with van der Waals surface area (Å²) in [5.74, 6) is -0.341. The van der Waals surface area contributed by atoms with Gasteiger partial charge in [0.25, 0.3) is 5.91 Å². The van der Waals surface area contributed by atoms with Crippen molar-refractivity contribution < 1.29 is 23.9 Å². The van der Waals surface area contributed by atoms with Crippen LogP contribution in [0.3, 0.4) is 0 Å². The van der Waals surface area contributed by atoms with Crippen molar-refractivity contribution in [1.82, 2.24) is 35.4 Å². The molecule has 2 atom stereocenters. The number of benzene rings is 2. The maximum atomic E-state index is 13.6. The molecule has 3 aliphatic heterocycles. The maximum Gasteiger partial charge on any atom is 0.251 e. The molecule has 2 N–H and O–H groups in total. The number of fused-ring (bicyclic) bond motifs is 14. The zero-order chi connectivity index (χ0) is 30.9. The number of carbonyl (C=O) groups is 3. The first-order chi connectivity index (χ1) is 21.4. The number of halogens is 1. The summed E-state index contributed by atoms with van der Waals surface area (Å²) >= 11 is 6.45. The van der Waals surface area contributed by atoms with E-state index in [-0.39, 0.29) is 18.4 Å². The number of aromatic nitrogens is 3. The lowest BCUT2D eigenvalue weighted by Crippen LogP contribution is -2.53. The second-order valence-electron chi connectivity index (χ2n) is 11.0. The van der Waals surface area contributed by atoms with Crippen LogP contribution >= 0.6 is 11.6 Å². The van der Waals surface area contributed by atoms with Gasteiger partial charge >= 0.3 is 0 Å². The molecule has 0 spiro atoms. The van der Waals surface area contributed by atoms with E-state index in [1.807, 2.05) is 48.5 Å². The van der Waals surface area contributed by atoms with Crippen molar-refractivity contribution >= 4 is 29.3 Å². The molecule has 0 radical (unpaired) electrons. The van der Waals surface area contributed by atoms with Crippen LogP contribution in [-0.4, -0.2) is 101 Å². The Hall–Kier alpha value is -4.00. The largest absolute Gasteiger partial charge is 0.492 e. The van der Waals surface area contributed by atoms with Gasteiger partial charge in [0.1, 0.15) is 23.5 Å². The quantitative estimate of drug-likeness (QED) is 0.453. The second-order valence-corrected chi connectivity index (χ2v) is 11.4. The van der Waals surface area contributed by atoms with Gasteiger partial charge in [-0.25, -0.2) is 0 Å². The fourth-order valence-corrected chi connectivity index (χ4v) is 5.45. The van der Waals surface area contributed by atoms with E-state index in [1.165, 1.54) is 6.07 Å². The van der Waals surface area contributed by atoms with Gasteiger partial charge in [0, 0.05) is 44.6 Å². The maximum absolute atomic E-state index is 13.6. The number of likely N-dealkylation sites (N-methyl/N-ethyl adjacent to an activating group) is 1. The summed E-state index contributed by atoms with van der Waals surface area (Å²) < 4.78 is 13.2. The van der Waals surface area contributed by atoms with Crippen LogP contribution in [0.15, 0.2) is 54.7 Å². The van der Waals surface area contributed by atoms with Crippen LogP contribution < -0.4 is 15.4 Å². The van der Waals surface area contributed by atoms with Crippen LogP contribution in [0.1, 0.15) is 34.5 Å². The van der Waals surface area contributed by atoms with Gasteiger partial charge in [0.2, 0.25) is 11.8 Å². The smallest absolute Gasteiger partial charge is 0.251 e. The predicted molar refractivity (Wildman–Crippen MR) is 163 cm³/mol. The summed E-state index contributed by atoms with van der Waals surface area (Å²) in [6, 6.07) is 13.1. The number of hydrogen-bond donors (Lipinski definition) is 2. The first kappa shape index (κ1) is 31.4. The first-order valence-corrected chi connectivity index (χ1v) is 15.3. The van der Waals surface area contributed by atoms with E-state index in [2.05, 4.69) is 20.9 Å². The fraction of sp³-hybridized carbons (Fsp3) is 0.452. The summed E-state index contributed by atoms with van der Waals surface area (Å²) in [6.07, 6.45) is 3.28. The van der Waals surface area contributed by atoms with Crippen molar-refractivity contribution in [3.05, 3.63) is 76.6 Å². The average Bonchev–Trinajstić information content (AvgIpc) is 3.48. The van der Waals surface area contributed by atoms with Gasteiger partial charge in [0.05, 0.1) is 37.6 Å². The summed E-state index contributed by atoms with van der Waals surface area (Å²) in [5.41, 5.74) is 1.89. The Morgan fingerprint density at radius 2 is 1.91 bits per heavy atom. The molecule has 12 nitrogen and oxygen atoms in total. The van der Waals surface area contributed by atoms with Gasteiger partial charge in [0.15, 0.2) is 0 Å². The molecule has 6 rings (SSSR count). The molecule has 4 heterocycles. The van der Waals surface area contributed by atoms with E-state index in [9.17, 15) is 14.4 Å². The zero-order valence-corrected chi connectivity index (χ0v) is 25.5. The molecular formula is C31H38ClN7O5. The zero-order valence-electron chi connectivity index (χ0n) is 24.8. The molecule has 0 aliphatic carbocycles. The Kier molecular flexibility index (Phi) is 10.8. The van der Waals surface area contributed by atoms with Gasteiger partial charge in [-0.3, -0.25) is 24.0 Å². The number of carbonyl (C=O) groups excluding carboxylic acids is 3. The number of ether oxygens (including phenoxy) is 2. The van der Waals surface area contributed by atoms with Crippen molar-refractivity contribution in [2.24, 2.45) is 0 Å². The summed E-state index contributed by atoms with van der Waals surface area (Å²) in [4.78, 5) is 44.0. The Bertz CT molecular complexity index is 1440. The Labute approximate surface area is 261 Å². The van der Waals surface area contributed by atoms with E-state index in [0.717, 1.165) is 5.56 Å². The predicted octanol–water partition coefficient (Wildman–Crippen LogP) is 1.92. The molecule has 2 aromatic carbocycles. The normalized spacial score (nSPS) is 21.1. The highest BCUT2D eigenvalue weighted by molar-refractivity contribution is 6.32. The highest BCUT2D eigenvalue weighted by Gasteiger charge is 2.31. The van der Waals surface area contributed by atoms with Gasteiger partial charge < -0.3 is 25.0 Å². The number of morpholine rings is 1. The second kappa shape index (κ2) is 15.1. The lowest BCUT2D eigenvalue weighted by molar-refractivity contribution is -0.142. The van der Waals surface area contributed by atoms with Crippen LogP contribution in [-0.2, 0) is 33.8 Å². The molecule has 44 heavy (non-hydrogen) atoms. The van der Waals surface area contributed by atoms with Crippen molar-refractivity contribution in [1.29, 1.82) is 0 Å². The van der Waals surface area contributed by atoms with Crippen LogP contribution in [0.4, 0.5) is 0 Å². The molecule has 13 heteroatoms. The average molecular weight is 624 g/mol. The van der Waals surface area contributed by atoms with Crippen LogP contribution in [0.2, 0.25) is 5.02 Å². The Morgan fingerprint density at radius 3 is 2.70 bits per heavy atom. The molecule has 1 saturated heterocycles. The van der Waals surface area contributed by atoms with E-state index in [4.69, 9.17) is 21.1 Å². The molecule has 3 aliphatic rings. The van der Waals surface area contributed by atoms with Crippen molar-refractivity contribution in [3.63, 3.8) is 0 Å². The molecule has 3 amide bonds. The first-order valence-electron chi connectivity index (χ1n) is 14.9. The number of nitrogens with zero attached hydrogens (tertiary/aromatic N) is 5. The third-order valence-electron chi connectivity index (χ3n) is 7.72. The summed E-state index contributed by atoms with van der Waals surface area (Å²) in [6.45, 7) is 3.49. The third-order valence-corrected chi connectivity index (χ3v) is 8.02. The minimum absolute atomic E-state index is 0.0597. The van der Waals surface area contributed by atoms with Crippen LogP contribution in [0, 0.1) is 0 Å². The summed E-state index contributed by atoms with van der Waals surface area (Å²) in [7, 11) is 1.92. The minimum atomic E-state index is -0.825. The lowest BCUT2D eigenvalue weighted by atomic mass is 10.0.